The molecule has 0 aromatic carbocycles. The molecule has 9 nitrogen and oxygen atoms in total. The Hall–Kier alpha value is -0.360. The fraction of sp³-hybridized carbons (Fsp3) is 1.00. The SMILES string of the molecule is CNOCCOCCOCCOCCOCCOCCON. The molecule has 0 heterocycles. The van der Waals surface area contributed by atoms with Crippen molar-refractivity contribution in [3.63, 3.8) is 0 Å². The summed E-state index contributed by atoms with van der Waals surface area (Å²) < 4.78 is 26.4. The molecular weight excluding hydrogens is 296 g/mol. The van der Waals surface area contributed by atoms with Crippen molar-refractivity contribution in [3.05, 3.63) is 0 Å². The summed E-state index contributed by atoms with van der Waals surface area (Å²) >= 11 is 0. The van der Waals surface area contributed by atoms with Crippen LogP contribution in [0.2, 0.25) is 0 Å². The van der Waals surface area contributed by atoms with Crippen molar-refractivity contribution in [2.45, 2.75) is 0 Å². The molecule has 0 spiro atoms. The minimum atomic E-state index is 0.387. The van der Waals surface area contributed by atoms with E-state index < -0.39 is 0 Å². The third kappa shape index (κ3) is 19.6. The van der Waals surface area contributed by atoms with E-state index in [0.29, 0.717) is 79.3 Å². The summed E-state index contributed by atoms with van der Waals surface area (Å²) in [7, 11) is 1.71. The number of nitrogens with one attached hydrogen (secondary N) is 1. The van der Waals surface area contributed by atoms with Crippen molar-refractivity contribution in [1.29, 1.82) is 0 Å². The lowest BCUT2D eigenvalue weighted by atomic mass is 10.7. The second kappa shape index (κ2) is 20.6. The van der Waals surface area contributed by atoms with E-state index in [1.54, 1.807) is 7.05 Å². The van der Waals surface area contributed by atoms with E-state index in [-0.39, 0.29) is 0 Å². The van der Waals surface area contributed by atoms with Gasteiger partial charge in [-0.25, -0.2) is 11.4 Å². The first-order valence-electron chi connectivity index (χ1n) is 7.40. The van der Waals surface area contributed by atoms with Crippen molar-refractivity contribution in [2.75, 3.05) is 86.3 Å². The standard InChI is InChI=1S/C13H30N2O7/c1-15-22-13-11-20-9-7-18-5-3-16-2-4-17-6-8-19-10-12-21-14/h15H,2-14H2,1H3. The van der Waals surface area contributed by atoms with Crippen LogP contribution in [0.3, 0.4) is 0 Å². The van der Waals surface area contributed by atoms with Gasteiger partial charge in [-0.3, -0.25) is 4.84 Å². The van der Waals surface area contributed by atoms with Gasteiger partial charge >= 0.3 is 0 Å². The van der Waals surface area contributed by atoms with Crippen LogP contribution < -0.4 is 11.4 Å². The van der Waals surface area contributed by atoms with E-state index in [9.17, 15) is 0 Å². The molecular formula is C13H30N2O7. The van der Waals surface area contributed by atoms with Gasteiger partial charge in [0.05, 0.1) is 79.3 Å². The van der Waals surface area contributed by atoms with Gasteiger partial charge in [0.1, 0.15) is 0 Å². The Bertz CT molecular complexity index is 181. The Labute approximate surface area is 132 Å². The highest BCUT2D eigenvalue weighted by atomic mass is 16.7. The molecule has 0 bridgehead atoms. The fourth-order valence-corrected chi connectivity index (χ4v) is 1.29. The number of hydrogen-bond acceptors (Lipinski definition) is 9. The van der Waals surface area contributed by atoms with Crippen LogP contribution in [-0.4, -0.2) is 86.3 Å². The van der Waals surface area contributed by atoms with Gasteiger partial charge in [0.25, 0.3) is 0 Å². The minimum absolute atomic E-state index is 0.387. The number of nitrogens with two attached hydrogens (primary N) is 1. The molecule has 0 aliphatic rings. The molecule has 0 aliphatic heterocycles. The van der Waals surface area contributed by atoms with Gasteiger partial charge in [0, 0.05) is 7.05 Å². The topological polar surface area (TPSA) is 103 Å². The van der Waals surface area contributed by atoms with E-state index >= 15 is 0 Å². The molecule has 134 valence electrons. The van der Waals surface area contributed by atoms with E-state index in [2.05, 4.69) is 10.3 Å². The van der Waals surface area contributed by atoms with Crippen LogP contribution in [-0.2, 0) is 33.4 Å². The summed E-state index contributed by atoms with van der Waals surface area (Å²) in [6, 6.07) is 0. The summed E-state index contributed by atoms with van der Waals surface area (Å²) in [5.41, 5.74) is 2.57. The van der Waals surface area contributed by atoms with Crippen molar-refractivity contribution in [1.82, 2.24) is 5.48 Å². The predicted octanol–water partition coefficient (Wildman–Crippen LogP) is -0.889. The molecule has 0 saturated heterocycles. The van der Waals surface area contributed by atoms with Crippen LogP contribution in [0.25, 0.3) is 0 Å². The van der Waals surface area contributed by atoms with Gasteiger partial charge in [-0.15, -0.1) is 0 Å². The Kier molecular flexibility index (Phi) is 20.3. The van der Waals surface area contributed by atoms with Crippen LogP contribution in [0.5, 0.6) is 0 Å². The molecule has 0 atom stereocenters. The lowest BCUT2D eigenvalue weighted by molar-refractivity contribution is -0.0270. The smallest absolute Gasteiger partial charge is 0.0915 e. The van der Waals surface area contributed by atoms with Crippen molar-refractivity contribution in [2.24, 2.45) is 5.90 Å². The number of rotatable bonds is 19. The zero-order chi connectivity index (χ0) is 16.1. The number of hydroxylamine groups is 1. The van der Waals surface area contributed by atoms with E-state index in [4.69, 9.17) is 34.4 Å². The summed E-state index contributed by atoms with van der Waals surface area (Å²) in [4.78, 5) is 9.25. The highest BCUT2D eigenvalue weighted by Gasteiger charge is 1.93. The highest BCUT2D eigenvalue weighted by Crippen LogP contribution is 1.84. The summed E-state index contributed by atoms with van der Waals surface area (Å²) in [6.45, 7) is 6.21. The van der Waals surface area contributed by atoms with Crippen LogP contribution in [0.15, 0.2) is 0 Å². The second-order valence-corrected chi connectivity index (χ2v) is 3.99. The average Bonchev–Trinajstić information content (AvgIpc) is 2.54. The van der Waals surface area contributed by atoms with E-state index in [1.165, 1.54) is 0 Å². The van der Waals surface area contributed by atoms with Gasteiger partial charge < -0.3 is 28.5 Å². The maximum absolute atomic E-state index is 5.34. The Morgan fingerprint density at radius 2 is 0.864 bits per heavy atom. The molecule has 0 unspecified atom stereocenters. The normalized spacial score (nSPS) is 11.2. The van der Waals surface area contributed by atoms with Crippen molar-refractivity contribution >= 4 is 0 Å². The molecule has 0 amide bonds. The van der Waals surface area contributed by atoms with Crippen LogP contribution in [0, 0.1) is 0 Å². The lowest BCUT2D eigenvalue weighted by Crippen LogP contribution is -2.16. The molecule has 0 aliphatic carbocycles. The van der Waals surface area contributed by atoms with Gasteiger partial charge in [-0.05, 0) is 0 Å². The summed E-state index contributed by atoms with van der Waals surface area (Å²) in [5.74, 6) is 4.85. The average molecular weight is 326 g/mol. The van der Waals surface area contributed by atoms with Crippen molar-refractivity contribution < 1.29 is 33.4 Å². The molecule has 22 heavy (non-hydrogen) atoms. The largest absolute Gasteiger partial charge is 0.377 e. The van der Waals surface area contributed by atoms with Crippen LogP contribution >= 0.6 is 0 Å². The molecule has 0 rings (SSSR count). The van der Waals surface area contributed by atoms with Crippen molar-refractivity contribution in [3.8, 4) is 0 Å². The molecule has 0 aromatic heterocycles. The highest BCUT2D eigenvalue weighted by molar-refractivity contribution is 4.36. The Balaban J connectivity index is 2.91. The number of ether oxygens (including phenoxy) is 5. The van der Waals surface area contributed by atoms with E-state index in [1.807, 2.05) is 0 Å². The zero-order valence-electron chi connectivity index (χ0n) is 13.4. The molecule has 0 saturated carbocycles. The van der Waals surface area contributed by atoms with E-state index in [0.717, 1.165) is 0 Å². The quantitative estimate of drug-likeness (QED) is 0.231. The van der Waals surface area contributed by atoms with Gasteiger partial charge in [-0.1, -0.05) is 0 Å². The lowest BCUT2D eigenvalue weighted by Gasteiger charge is -2.08. The maximum Gasteiger partial charge on any atom is 0.0915 e. The Morgan fingerprint density at radius 3 is 1.18 bits per heavy atom. The first kappa shape index (κ1) is 21.6. The predicted molar refractivity (Wildman–Crippen MR) is 79.2 cm³/mol. The minimum Gasteiger partial charge on any atom is -0.377 e. The molecule has 0 radical (unpaired) electrons. The zero-order valence-corrected chi connectivity index (χ0v) is 13.4. The maximum atomic E-state index is 5.34. The van der Waals surface area contributed by atoms with Crippen LogP contribution in [0.1, 0.15) is 0 Å². The first-order valence-corrected chi connectivity index (χ1v) is 7.40. The monoisotopic (exact) mass is 326 g/mol. The summed E-state index contributed by atoms with van der Waals surface area (Å²) in [6.07, 6.45) is 0. The third-order valence-electron chi connectivity index (χ3n) is 2.31. The van der Waals surface area contributed by atoms with Gasteiger partial charge in [-0.2, -0.15) is 0 Å². The van der Waals surface area contributed by atoms with Crippen LogP contribution in [0.4, 0.5) is 0 Å². The molecule has 3 N–H and O–H groups in total. The Morgan fingerprint density at radius 1 is 0.545 bits per heavy atom. The first-order chi connectivity index (χ1) is 10.9. The van der Waals surface area contributed by atoms with Gasteiger partial charge in [0.15, 0.2) is 0 Å². The second-order valence-electron chi connectivity index (χ2n) is 3.99. The third-order valence-corrected chi connectivity index (χ3v) is 2.31. The molecule has 0 aromatic rings. The fourth-order valence-electron chi connectivity index (χ4n) is 1.29. The summed E-state index contributed by atoms with van der Waals surface area (Å²) in [5, 5.41) is 0. The van der Waals surface area contributed by atoms with Gasteiger partial charge in [0.2, 0.25) is 0 Å². The molecule has 9 heteroatoms. The number of hydrogen-bond donors (Lipinski definition) is 2. The molecule has 0 fully saturated rings.